The summed E-state index contributed by atoms with van der Waals surface area (Å²) in [6, 6.07) is 9.78. The van der Waals surface area contributed by atoms with Crippen molar-refractivity contribution in [1.29, 1.82) is 0 Å². The van der Waals surface area contributed by atoms with Crippen molar-refractivity contribution in [1.82, 2.24) is 0 Å². The molecule has 0 aliphatic rings. The summed E-state index contributed by atoms with van der Waals surface area (Å²) in [7, 11) is 0. The van der Waals surface area contributed by atoms with Crippen LogP contribution in [-0.2, 0) is 30.9 Å². The van der Waals surface area contributed by atoms with Gasteiger partial charge in [0.1, 0.15) is 0 Å². The molecule has 0 bridgehead atoms. The number of rotatable bonds is 0. The predicted molar refractivity (Wildman–Crippen MR) is 29.3 cm³/mol. The van der Waals surface area contributed by atoms with Gasteiger partial charge in [-0.3, -0.25) is 5.69 Å². The van der Waals surface area contributed by atoms with Crippen molar-refractivity contribution >= 4 is 5.69 Å². The van der Waals surface area contributed by atoms with Crippen LogP contribution >= 0.6 is 0 Å². The second kappa shape index (κ2) is 10.3. The fourth-order valence-electron chi connectivity index (χ4n) is 0.393. The molecule has 1 aromatic rings. The molecule has 1 rings (SSSR count). The average Bonchev–Trinajstić information content (AvgIpc) is 1.94. The molecule has 1 nitrogen and oxygen atoms in total. The summed E-state index contributed by atoms with van der Waals surface area (Å²) in [6.45, 7) is 0. The van der Waals surface area contributed by atoms with Gasteiger partial charge in [0, 0.05) is 31.1 Å². The Morgan fingerprint density at radius 3 is 2.20 bits per heavy atom. The van der Waals surface area contributed by atoms with E-state index in [0.29, 0.717) is 5.69 Å². The second-order valence-electron chi connectivity index (χ2n) is 1.28. The van der Waals surface area contributed by atoms with Gasteiger partial charge in [0.15, 0.2) is 0 Å². The van der Waals surface area contributed by atoms with Gasteiger partial charge in [-0.2, -0.15) is 24.3 Å². The molecule has 0 saturated heterocycles. The molecule has 4 heteroatoms. The van der Waals surface area contributed by atoms with E-state index in [1.54, 1.807) is 12.1 Å². The van der Waals surface area contributed by atoms with E-state index in [4.69, 9.17) is 5.73 Å². The van der Waals surface area contributed by atoms with Crippen LogP contribution in [0.1, 0.15) is 0 Å². The zero-order chi connectivity index (χ0) is 7.11. The van der Waals surface area contributed by atoms with Gasteiger partial charge in [-0.15, -0.1) is 0 Å². The molecular formula is C6H5NUVW-2. The van der Waals surface area contributed by atoms with Gasteiger partial charge in [-0.1, -0.05) is 0 Å². The van der Waals surface area contributed by atoms with E-state index in [0.717, 1.165) is 0 Å². The fourth-order valence-corrected chi connectivity index (χ4v) is 0.393. The number of nitrogens with one attached hydrogen (secondary N) is 1. The van der Waals surface area contributed by atoms with Crippen molar-refractivity contribution in [3.05, 3.63) is 36.1 Å². The Kier molecular flexibility index (Phi) is 14.4. The van der Waals surface area contributed by atoms with Crippen LogP contribution in [0.5, 0.6) is 0 Å². The molecule has 0 fully saturated rings. The molecule has 0 atom stereocenters. The van der Waals surface area contributed by atoms with E-state index < -0.39 is 0 Å². The summed E-state index contributed by atoms with van der Waals surface area (Å²) < 4.78 is 0. The molecular weight excluding hydrogens is 559 g/mol. The van der Waals surface area contributed by atoms with Crippen LogP contribution in [0, 0.1) is 37.2 Å². The molecule has 1 aromatic carbocycles. The monoisotopic (exact) mass is 564 g/mol. The van der Waals surface area contributed by atoms with Crippen molar-refractivity contribution in [2.45, 2.75) is 0 Å². The minimum absolute atomic E-state index is 0. The zero-order valence-corrected chi connectivity index (χ0v) is 13.7. The minimum atomic E-state index is 0. The number of hydrogen-bond acceptors (Lipinski definition) is 0. The van der Waals surface area contributed by atoms with Crippen molar-refractivity contribution in [2.75, 3.05) is 0 Å². The molecule has 0 amide bonds. The summed E-state index contributed by atoms with van der Waals surface area (Å²) in [6.07, 6.45) is 0. The second-order valence-corrected chi connectivity index (χ2v) is 1.28. The third kappa shape index (κ3) is 7.45. The summed E-state index contributed by atoms with van der Waals surface area (Å²) in [5.74, 6) is 0. The molecule has 0 unspecified atom stereocenters. The molecule has 0 aromatic heterocycles. The van der Waals surface area contributed by atoms with Crippen LogP contribution in [0.2, 0.25) is 0 Å². The summed E-state index contributed by atoms with van der Waals surface area (Å²) >= 11 is 3.92. The number of hydrogen-bond donors (Lipinski definition) is 0. The van der Waals surface area contributed by atoms with Crippen LogP contribution < -0.4 is 0 Å². The van der Waals surface area contributed by atoms with Gasteiger partial charge < -0.3 is 5.73 Å². The van der Waals surface area contributed by atoms with Gasteiger partial charge in [0.25, 0.3) is 0 Å². The predicted octanol–water partition coefficient (Wildman–Crippen LogP) is 2.17. The SMILES string of the molecule is [NH-]c1[c-]cccc1.[U].[V]=[W]. The first-order chi connectivity index (χ1) is 4.39. The first-order valence-electron chi connectivity index (χ1n) is 2.26. The average molecular weight is 564 g/mol. The quantitative estimate of drug-likeness (QED) is 0.432. The maximum atomic E-state index is 6.94. The molecule has 0 aliphatic carbocycles. The molecule has 10 heavy (non-hydrogen) atoms. The molecule has 1 N–H and O–H groups in total. The van der Waals surface area contributed by atoms with Crippen LogP contribution in [0.15, 0.2) is 24.3 Å². The van der Waals surface area contributed by atoms with Gasteiger partial charge in [0.2, 0.25) is 0 Å². The van der Waals surface area contributed by atoms with Crippen LogP contribution in [0.4, 0.5) is 5.69 Å². The van der Waals surface area contributed by atoms with Crippen molar-refractivity contribution in [2.24, 2.45) is 0 Å². The van der Waals surface area contributed by atoms with E-state index in [2.05, 4.69) is 20.1 Å². The Morgan fingerprint density at radius 1 is 1.40 bits per heavy atom. The van der Waals surface area contributed by atoms with Crippen LogP contribution in [-0.4, -0.2) is 0 Å². The molecule has 0 heterocycles. The third-order valence-electron chi connectivity index (χ3n) is 0.709. The Hall–Kier alpha value is 1.34. The normalized spacial score (nSPS) is 6.30. The first kappa shape index (κ1) is 13.9. The number of benzene rings is 1. The Labute approximate surface area is 102 Å². The molecule has 0 saturated carbocycles. The first-order valence-corrected chi connectivity index (χ1v) is 8.24. The van der Waals surface area contributed by atoms with Crippen molar-refractivity contribution < 1.29 is 62.0 Å². The topological polar surface area (TPSA) is 23.8 Å². The molecule has 51 valence electrons. The Bertz CT molecular complexity index is 159. The van der Waals surface area contributed by atoms with Gasteiger partial charge in [-0.05, 0) is 0 Å². The maximum absolute atomic E-state index is 6.94. The molecule has 0 radical (unpaired) electrons. The van der Waals surface area contributed by atoms with E-state index >= 15 is 0 Å². The fraction of sp³-hybridized carbons (Fsp3) is 0. The zero-order valence-electron chi connectivity index (χ0n) is 5.16. The Balaban J connectivity index is 0. The van der Waals surface area contributed by atoms with E-state index in [-0.39, 0.29) is 31.1 Å². The van der Waals surface area contributed by atoms with Crippen LogP contribution in [0.25, 0.3) is 5.73 Å². The van der Waals surface area contributed by atoms with Gasteiger partial charge in [0.05, 0.1) is 0 Å². The summed E-state index contributed by atoms with van der Waals surface area (Å²) in [5, 5.41) is 0. The molecule has 0 spiro atoms. The van der Waals surface area contributed by atoms with Crippen LogP contribution in [0.3, 0.4) is 0 Å². The standard InChI is InChI=1S/C6H5N.U.V.W/c7-6-4-2-1-3-5-6;;;/h1-4,7H;;;/q-2;;;. The third-order valence-corrected chi connectivity index (χ3v) is 0.709. The van der Waals surface area contributed by atoms with Gasteiger partial charge >= 0.3 is 30.9 Å². The summed E-state index contributed by atoms with van der Waals surface area (Å²) in [4.78, 5) is 0. The van der Waals surface area contributed by atoms with E-state index in [9.17, 15) is 0 Å². The van der Waals surface area contributed by atoms with Crippen molar-refractivity contribution in [3.8, 4) is 0 Å². The van der Waals surface area contributed by atoms with E-state index in [1.807, 2.05) is 12.1 Å². The van der Waals surface area contributed by atoms with Crippen molar-refractivity contribution in [3.63, 3.8) is 0 Å². The summed E-state index contributed by atoms with van der Waals surface area (Å²) in [5.41, 5.74) is 7.39. The van der Waals surface area contributed by atoms with E-state index in [1.165, 1.54) is 16.8 Å². The molecule has 0 aliphatic heterocycles. The van der Waals surface area contributed by atoms with Gasteiger partial charge in [-0.25, -0.2) is 6.07 Å². The Morgan fingerprint density at radius 2 is 2.00 bits per heavy atom.